The molecule has 0 bridgehead atoms. The van der Waals surface area contributed by atoms with Crippen LogP contribution in [0, 0.1) is 11.7 Å². The Morgan fingerprint density at radius 3 is 2.25 bits per heavy atom. The predicted octanol–water partition coefficient (Wildman–Crippen LogP) is 4.17. The van der Waals surface area contributed by atoms with Crippen molar-refractivity contribution in [1.82, 2.24) is 0 Å². The molecular formula is C14H19FO. The third-order valence-corrected chi connectivity index (χ3v) is 3.58. The Balaban J connectivity index is 2.43. The van der Waals surface area contributed by atoms with Crippen molar-refractivity contribution in [3.05, 3.63) is 29.1 Å². The van der Waals surface area contributed by atoms with Crippen LogP contribution < -0.4 is 0 Å². The largest absolute Gasteiger partial charge is 0.507 e. The lowest BCUT2D eigenvalue weighted by molar-refractivity contribution is 0.445. The highest BCUT2D eigenvalue weighted by atomic mass is 19.1. The molecule has 1 aromatic carbocycles. The molecule has 1 aliphatic rings. The monoisotopic (exact) mass is 222 g/mol. The van der Waals surface area contributed by atoms with Gasteiger partial charge in [-0.1, -0.05) is 20.8 Å². The number of hydrogen-bond acceptors (Lipinski definition) is 1. The average Bonchev–Trinajstić information content (AvgIpc) is 3.03. The number of hydrogen-bond donors (Lipinski definition) is 1. The molecule has 0 aliphatic heterocycles. The van der Waals surface area contributed by atoms with E-state index in [1.807, 2.05) is 13.8 Å². The molecule has 0 heterocycles. The van der Waals surface area contributed by atoms with Gasteiger partial charge in [0.1, 0.15) is 11.6 Å². The van der Waals surface area contributed by atoms with E-state index in [1.54, 1.807) is 0 Å². The standard InChI is InChI=1S/C14H19FO/c1-8(2)12-6-11(15)7-13(14(12)16)9(3)10-4-5-10/h6-10,16H,4-5H2,1-3H3/t9-/m1/s1. The molecule has 1 saturated carbocycles. The van der Waals surface area contributed by atoms with Gasteiger partial charge in [-0.3, -0.25) is 0 Å². The number of aromatic hydroxyl groups is 1. The van der Waals surface area contributed by atoms with Crippen LogP contribution in [-0.2, 0) is 0 Å². The van der Waals surface area contributed by atoms with Gasteiger partial charge in [-0.25, -0.2) is 4.39 Å². The number of halogens is 1. The zero-order valence-electron chi connectivity index (χ0n) is 10.1. The maximum atomic E-state index is 13.5. The lowest BCUT2D eigenvalue weighted by atomic mass is 9.90. The summed E-state index contributed by atoms with van der Waals surface area (Å²) in [7, 11) is 0. The van der Waals surface area contributed by atoms with E-state index in [9.17, 15) is 9.50 Å². The molecule has 1 nitrogen and oxygen atoms in total. The van der Waals surface area contributed by atoms with E-state index in [4.69, 9.17) is 0 Å². The van der Waals surface area contributed by atoms with Crippen molar-refractivity contribution in [3.8, 4) is 5.75 Å². The van der Waals surface area contributed by atoms with Crippen LogP contribution in [0.15, 0.2) is 12.1 Å². The van der Waals surface area contributed by atoms with E-state index >= 15 is 0 Å². The average molecular weight is 222 g/mol. The SMILES string of the molecule is CC(C)c1cc(F)cc([C@H](C)C2CC2)c1O. The number of phenols is 1. The second-order valence-corrected chi connectivity index (χ2v) is 5.21. The van der Waals surface area contributed by atoms with Gasteiger partial charge in [0.15, 0.2) is 0 Å². The minimum absolute atomic E-state index is 0.154. The summed E-state index contributed by atoms with van der Waals surface area (Å²) in [6.45, 7) is 6.02. The van der Waals surface area contributed by atoms with Gasteiger partial charge in [0.2, 0.25) is 0 Å². The Labute approximate surface area is 96.3 Å². The Kier molecular flexibility index (Phi) is 2.92. The van der Waals surface area contributed by atoms with Crippen LogP contribution in [0.5, 0.6) is 5.75 Å². The topological polar surface area (TPSA) is 20.2 Å². The molecule has 0 radical (unpaired) electrons. The molecule has 0 unspecified atom stereocenters. The first-order valence-electron chi connectivity index (χ1n) is 6.03. The lowest BCUT2D eigenvalue weighted by Gasteiger charge is -2.17. The van der Waals surface area contributed by atoms with Gasteiger partial charge < -0.3 is 5.11 Å². The summed E-state index contributed by atoms with van der Waals surface area (Å²) in [5.41, 5.74) is 1.51. The van der Waals surface area contributed by atoms with Crippen molar-refractivity contribution in [2.45, 2.75) is 45.4 Å². The van der Waals surface area contributed by atoms with Crippen molar-refractivity contribution in [3.63, 3.8) is 0 Å². The zero-order valence-corrected chi connectivity index (χ0v) is 10.1. The first-order valence-corrected chi connectivity index (χ1v) is 6.03. The smallest absolute Gasteiger partial charge is 0.124 e. The highest BCUT2D eigenvalue weighted by Crippen LogP contribution is 2.46. The van der Waals surface area contributed by atoms with E-state index in [-0.39, 0.29) is 17.7 Å². The molecule has 1 aromatic rings. The molecule has 0 spiro atoms. The second kappa shape index (κ2) is 4.08. The quantitative estimate of drug-likeness (QED) is 0.813. The predicted molar refractivity (Wildman–Crippen MR) is 63.3 cm³/mol. The molecule has 1 atom stereocenters. The van der Waals surface area contributed by atoms with Gasteiger partial charge in [-0.05, 0) is 48.3 Å². The Bertz CT molecular complexity index is 394. The minimum Gasteiger partial charge on any atom is -0.507 e. The maximum Gasteiger partial charge on any atom is 0.124 e. The van der Waals surface area contributed by atoms with E-state index < -0.39 is 0 Å². The van der Waals surface area contributed by atoms with Crippen LogP contribution in [0.2, 0.25) is 0 Å². The minimum atomic E-state index is -0.232. The summed E-state index contributed by atoms with van der Waals surface area (Å²) in [6, 6.07) is 2.94. The molecule has 1 N–H and O–H groups in total. The first kappa shape index (κ1) is 11.4. The van der Waals surface area contributed by atoms with Crippen molar-refractivity contribution < 1.29 is 9.50 Å². The summed E-state index contributed by atoms with van der Waals surface area (Å²) in [5, 5.41) is 10.2. The highest BCUT2D eigenvalue weighted by Gasteiger charge is 2.31. The zero-order chi connectivity index (χ0) is 11.9. The van der Waals surface area contributed by atoms with Gasteiger partial charge in [0.25, 0.3) is 0 Å². The van der Waals surface area contributed by atoms with E-state index in [0.29, 0.717) is 11.7 Å². The summed E-state index contributed by atoms with van der Waals surface area (Å²) in [6.07, 6.45) is 2.41. The van der Waals surface area contributed by atoms with Crippen LogP contribution in [0.25, 0.3) is 0 Å². The molecule has 0 amide bonds. The Morgan fingerprint density at radius 2 is 1.75 bits per heavy atom. The number of phenolic OH excluding ortho intramolecular Hbond substituents is 1. The van der Waals surface area contributed by atoms with Crippen LogP contribution in [0.1, 0.15) is 56.6 Å². The lowest BCUT2D eigenvalue weighted by Crippen LogP contribution is -2.01. The number of rotatable bonds is 3. The van der Waals surface area contributed by atoms with Crippen LogP contribution in [0.4, 0.5) is 4.39 Å². The third-order valence-electron chi connectivity index (χ3n) is 3.58. The molecule has 0 aromatic heterocycles. The van der Waals surface area contributed by atoms with E-state index in [0.717, 1.165) is 11.1 Å². The van der Waals surface area contributed by atoms with Gasteiger partial charge in [-0.15, -0.1) is 0 Å². The van der Waals surface area contributed by atoms with Gasteiger partial charge >= 0.3 is 0 Å². The van der Waals surface area contributed by atoms with Gasteiger partial charge in [0, 0.05) is 5.56 Å². The van der Waals surface area contributed by atoms with E-state index in [1.165, 1.54) is 25.0 Å². The normalized spacial score (nSPS) is 17.8. The Hall–Kier alpha value is -1.05. The summed E-state index contributed by atoms with van der Waals surface area (Å²) in [5.74, 6) is 1.13. The third kappa shape index (κ3) is 2.06. The maximum absolute atomic E-state index is 13.5. The van der Waals surface area contributed by atoms with E-state index in [2.05, 4.69) is 6.92 Å². The molecule has 2 heteroatoms. The molecular weight excluding hydrogens is 203 g/mol. The van der Waals surface area contributed by atoms with Gasteiger partial charge in [0.05, 0.1) is 0 Å². The fourth-order valence-electron chi connectivity index (χ4n) is 2.28. The summed E-state index contributed by atoms with van der Waals surface area (Å²) in [4.78, 5) is 0. The second-order valence-electron chi connectivity index (χ2n) is 5.21. The fourth-order valence-corrected chi connectivity index (χ4v) is 2.28. The molecule has 1 fully saturated rings. The van der Waals surface area contributed by atoms with Crippen molar-refractivity contribution in [1.29, 1.82) is 0 Å². The van der Waals surface area contributed by atoms with Crippen LogP contribution in [-0.4, -0.2) is 5.11 Å². The van der Waals surface area contributed by atoms with Crippen molar-refractivity contribution in [2.75, 3.05) is 0 Å². The first-order chi connectivity index (χ1) is 7.50. The molecule has 2 rings (SSSR count). The summed E-state index contributed by atoms with van der Waals surface area (Å²) >= 11 is 0. The van der Waals surface area contributed by atoms with Crippen molar-refractivity contribution in [2.24, 2.45) is 5.92 Å². The molecule has 88 valence electrons. The van der Waals surface area contributed by atoms with Gasteiger partial charge in [-0.2, -0.15) is 0 Å². The molecule has 0 saturated heterocycles. The number of benzene rings is 1. The van der Waals surface area contributed by atoms with Crippen LogP contribution >= 0.6 is 0 Å². The Morgan fingerprint density at radius 1 is 1.19 bits per heavy atom. The summed E-state index contributed by atoms with van der Waals surface area (Å²) < 4.78 is 13.5. The van der Waals surface area contributed by atoms with Crippen LogP contribution in [0.3, 0.4) is 0 Å². The highest BCUT2D eigenvalue weighted by molar-refractivity contribution is 5.44. The molecule has 1 aliphatic carbocycles. The van der Waals surface area contributed by atoms with Crippen molar-refractivity contribution >= 4 is 0 Å². The fraction of sp³-hybridized carbons (Fsp3) is 0.571. The molecule has 16 heavy (non-hydrogen) atoms.